The van der Waals surface area contributed by atoms with E-state index in [1.807, 2.05) is 6.07 Å². The lowest BCUT2D eigenvalue weighted by Gasteiger charge is -2.11. The van der Waals surface area contributed by atoms with E-state index >= 15 is 0 Å². The first-order valence-corrected chi connectivity index (χ1v) is 7.09. The first kappa shape index (κ1) is 13.0. The fourth-order valence-electron chi connectivity index (χ4n) is 2.60. The number of hydrogen-bond acceptors (Lipinski definition) is 1. The number of benzene rings is 1. The molecule has 94 valence electrons. The van der Waals surface area contributed by atoms with Gasteiger partial charge in [-0.1, -0.05) is 29.3 Å². The van der Waals surface area contributed by atoms with E-state index < -0.39 is 0 Å². The van der Waals surface area contributed by atoms with Gasteiger partial charge in [0.25, 0.3) is 0 Å². The zero-order chi connectivity index (χ0) is 12.3. The van der Waals surface area contributed by atoms with Crippen LogP contribution in [0.1, 0.15) is 31.7 Å². The molecule has 0 bridgehead atoms. The van der Waals surface area contributed by atoms with Crippen LogP contribution in [0.5, 0.6) is 0 Å². The van der Waals surface area contributed by atoms with Crippen LogP contribution in [0.15, 0.2) is 22.7 Å². The Morgan fingerprint density at radius 2 is 2.24 bits per heavy atom. The summed E-state index contributed by atoms with van der Waals surface area (Å²) in [5.74, 6) is 1.52. The van der Waals surface area contributed by atoms with E-state index in [0.29, 0.717) is 6.54 Å². The molecule has 1 fully saturated rings. The van der Waals surface area contributed by atoms with Gasteiger partial charge in [-0.25, -0.2) is 4.39 Å². The third kappa shape index (κ3) is 3.78. The molecule has 0 amide bonds. The fraction of sp³-hybridized carbons (Fsp3) is 0.571. The predicted octanol–water partition coefficient (Wildman–Crippen LogP) is 4.11. The Bertz CT molecular complexity index is 380. The summed E-state index contributed by atoms with van der Waals surface area (Å²) in [6.45, 7) is 3.94. The molecule has 1 aliphatic rings. The van der Waals surface area contributed by atoms with Crippen molar-refractivity contribution in [1.82, 2.24) is 5.32 Å². The highest BCUT2D eigenvalue weighted by Gasteiger charge is 2.20. The zero-order valence-corrected chi connectivity index (χ0v) is 11.8. The maximum atomic E-state index is 13.5. The molecule has 2 rings (SSSR count). The topological polar surface area (TPSA) is 12.0 Å². The summed E-state index contributed by atoms with van der Waals surface area (Å²) in [7, 11) is 0. The molecule has 17 heavy (non-hydrogen) atoms. The van der Waals surface area contributed by atoms with E-state index in [0.717, 1.165) is 28.4 Å². The predicted molar refractivity (Wildman–Crippen MR) is 72.3 cm³/mol. The molecule has 1 N–H and O–H groups in total. The highest BCUT2D eigenvalue weighted by atomic mass is 79.9. The molecule has 1 saturated carbocycles. The molecule has 2 unspecified atom stereocenters. The Morgan fingerprint density at radius 3 is 2.94 bits per heavy atom. The van der Waals surface area contributed by atoms with Gasteiger partial charge in [-0.05, 0) is 49.4 Å². The van der Waals surface area contributed by atoms with E-state index in [9.17, 15) is 4.39 Å². The van der Waals surface area contributed by atoms with Gasteiger partial charge in [0.05, 0.1) is 0 Å². The first-order valence-electron chi connectivity index (χ1n) is 6.30. The van der Waals surface area contributed by atoms with Crippen LogP contribution in [0.25, 0.3) is 0 Å². The zero-order valence-electron chi connectivity index (χ0n) is 10.2. The van der Waals surface area contributed by atoms with Gasteiger partial charge in [-0.3, -0.25) is 0 Å². The summed E-state index contributed by atoms with van der Waals surface area (Å²) >= 11 is 3.37. The quantitative estimate of drug-likeness (QED) is 0.882. The van der Waals surface area contributed by atoms with Crippen LogP contribution in [0.4, 0.5) is 4.39 Å². The lowest BCUT2D eigenvalue weighted by atomic mass is 10.1. The van der Waals surface area contributed by atoms with Crippen molar-refractivity contribution < 1.29 is 4.39 Å². The van der Waals surface area contributed by atoms with Crippen LogP contribution in [0.3, 0.4) is 0 Å². The second-order valence-corrected chi connectivity index (χ2v) is 6.07. The van der Waals surface area contributed by atoms with Gasteiger partial charge in [0.15, 0.2) is 0 Å². The number of halogens is 2. The Morgan fingerprint density at radius 1 is 1.41 bits per heavy atom. The maximum absolute atomic E-state index is 13.5. The van der Waals surface area contributed by atoms with Crippen molar-refractivity contribution in [3.8, 4) is 0 Å². The van der Waals surface area contributed by atoms with Crippen LogP contribution >= 0.6 is 15.9 Å². The average Bonchev–Trinajstić information content (AvgIpc) is 2.69. The molecule has 1 aromatic rings. The van der Waals surface area contributed by atoms with Gasteiger partial charge in [-0.2, -0.15) is 0 Å². The SMILES string of the molecule is CC1CCC(CNCc2cc(Br)ccc2F)C1. The molecule has 1 nitrogen and oxygen atoms in total. The molecule has 3 heteroatoms. The summed E-state index contributed by atoms with van der Waals surface area (Å²) in [6.07, 6.45) is 3.97. The smallest absolute Gasteiger partial charge is 0.127 e. The summed E-state index contributed by atoms with van der Waals surface area (Å²) in [6, 6.07) is 5.09. The minimum Gasteiger partial charge on any atom is -0.312 e. The largest absolute Gasteiger partial charge is 0.312 e. The normalized spacial score (nSPS) is 24.2. The lowest BCUT2D eigenvalue weighted by molar-refractivity contribution is 0.466. The Kier molecular flexibility index (Phi) is 4.57. The van der Waals surface area contributed by atoms with E-state index in [-0.39, 0.29) is 5.82 Å². The molecular weight excluding hydrogens is 281 g/mol. The molecule has 1 aliphatic carbocycles. The summed E-state index contributed by atoms with van der Waals surface area (Å²) < 4.78 is 14.4. The molecule has 0 aliphatic heterocycles. The van der Waals surface area contributed by atoms with Gasteiger partial charge in [0.1, 0.15) is 5.82 Å². The van der Waals surface area contributed by atoms with Gasteiger partial charge in [0, 0.05) is 16.6 Å². The van der Waals surface area contributed by atoms with Crippen LogP contribution in [0.2, 0.25) is 0 Å². The monoisotopic (exact) mass is 299 g/mol. The van der Waals surface area contributed by atoms with E-state index in [1.54, 1.807) is 6.07 Å². The molecule has 0 aromatic heterocycles. The van der Waals surface area contributed by atoms with E-state index in [1.165, 1.54) is 25.3 Å². The van der Waals surface area contributed by atoms with Crippen molar-refractivity contribution in [2.75, 3.05) is 6.54 Å². The van der Waals surface area contributed by atoms with Gasteiger partial charge in [0.2, 0.25) is 0 Å². The van der Waals surface area contributed by atoms with Gasteiger partial charge in [-0.15, -0.1) is 0 Å². The minimum absolute atomic E-state index is 0.125. The molecular formula is C14H19BrFN. The number of hydrogen-bond donors (Lipinski definition) is 1. The van der Waals surface area contributed by atoms with Crippen molar-refractivity contribution in [1.29, 1.82) is 0 Å². The number of rotatable bonds is 4. The Balaban J connectivity index is 1.80. The summed E-state index contributed by atoms with van der Waals surface area (Å²) in [4.78, 5) is 0. The van der Waals surface area contributed by atoms with Crippen molar-refractivity contribution in [2.24, 2.45) is 11.8 Å². The van der Waals surface area contributed by atoms with Gasteiger partial charge >= 0.3 is 0 Å². The second kappa shape index (κ2) is 5.96. The average molecular weight is 300 g/mol. The maximum Gasteiger partial charge on any atom is 0.127 e. The van der Waals surface area contributed by atoms with Crippen molar-refractivity contribution in [2.45, 2.75) is 32.7 Å². The Hall–Kier alpha value is -0.410. The van der Waals surface area contributed by atoms with Crippen molar-refractivity contribution in [3.63, 3.8) is 0 Å². The summed E-state index contributed by atoms with van der Waals surface area (Å²) in [5.41, 5.74) is 0.741. The van der Waals surface area contributed by atoms with Crippen LogP contribution < -0.4 is 5.32 Å². The minimum atomic E-state index is -0.125. The van der Waals surface area contributed by atoms with Gasteiger partial charge < -0.3 is 5.32 Å². The molecule has 0 spiro atoms. The van der Waals surface area contributed by atoms with Crippen molar-refractivity contribution >= 4 is 15.9 Å². The molecule has 0 heterocycles. The fourth-order valence-corrected chi connectivity index (χ4v) is 3.01. The highest BCUT2D eigenvalue weighted by molar-refractivity contribution is 9.10. The third-order valence-corrected chi connectivity index (χ3v) is 4.05. The van der Waals surface area contributed by atoms with E-state index in [2.05, 4.69) is 28.2 Å². The Labute approximate surface area is 111 Å². The van der Waals surface area contributed by atoms with Crippen LogP contribution in [-0.4, -0.2) is 6.54 Å². The highest BCUT2D eigenvalue weighted by Crippen LogP contribution is 2.29. The lowest BCUT2D eigenvalue weighted by Crippen LogP contribution is -2.21. The molecule has 0 radical (unpaired) electrons. The number of nitrogens with one attached hydrogen (secondary N) is 1. The van der Waals surface area contributed by atoms with E-state index in [4.69, 9.17) is 0 Å². The molecule has 0 saturated heterocycles. The summed E-state index contributed by atoms with van der Waals surface area (Å²) in [5, 5.41) is 3.37. The standard InChI is InChI=1S/C14H19BrFN/c1-10-2-3-11(6-10)8-17-9-12-7-13(15)4-5-14(12)16/h4-5,7,10-11,17H,2-3,6,8-9H2,1H3. The second-order valence-electron chi connectivity index (χ2n) is 5.15. The third-order valence-electron chi connectivity index (χ3n) is 3.56. The molecule has 1 aromatic carbocycles. The molecule has 2 atom stereocenters. The van der Waals surface area contributed by atoms with Crippen LogP contribution in [-0.2, 0) is 6.54 Å². The van der Waals surface area contributed by atoms with Crippen LogP contribution in [0, 0.1) is 17.7 Å². The first-order chi connectivity index (χ1) is 8.15. The van der Waals surface area contributed by atoms with Crippen molar-refractivity contribution in [3.05, 3.63) is 34.1 Å².